The lowest BCUT2D eigenvalue weighted by Gasteiger charge is -2.18. The first kappa shape index (κ1) is 20.7. The van der Waals surface area contributed by atoms with Gasteiger partial charge in [0.25, 0.3) is 10.2 Å². The second kappa shape index (κ2) is 8.15. The molecule has 0 radical (unpaired) electrons. The highest BCUT2D eigenvalue weighted by molar-refractivity contribution is 7.86. The van der Waals surface area contributed by atoms with Crippen molar-refractivity contribution in [2.24, 2.45) is 5.14 Å². The van der Waals surface area contributed by atoms with Crippen LogP contribution in [0.15, 0.2) is 6.33 Å². The Morgan fingerprint density at radius 3 is 2.71 bits per heavy atom. The molecule has 2 aromatic heterocycles. The summed E-state index contributed by atoms with van der Waals surface area (Å²) in [5.74, 6) is 0.917. The molecule has 0 aromatic carbocycles. The van der Waals surface area contributed by atoms with Gasteiger partial charge >= 0.3 is 0 Å². The first-order valence-corrected chi connectivity index (χ1v) is 10.9. The van der Waals surface area contributed by atoms with E-state index in [1.54, 1.807) is 6.33 Å². The number of nitrogens with one attached hydrogen (secondary N) is 2. The van der Waals surface area contributed by atoms with E-state index in [4.69, 9.17) is 5.14 Å². The normalized spacial score (nSPS) is 19.4. The standard InChI is InChI=1S/C16H28N8O3S/c1-4-11(8-25)20-16-21-14(13-15(22-16)24(9-18-13)10(2)3)19-12-5-6-23(7-12)28(17,26)27/h9-12,25H,4-8H2,1-3H3,(H2,17,26,27)(H2,19,20,21,22). The van der Waals surface area contributed by atoms with Crippen LogP contribution in [0.2, 0.25) is 0 Å². The lowest BCUT2D eigenvalue weighted by molar-refractivity contribution is 0.271. The van der Waals surface area contributed by atoms with E-state index in [0.717, 1.165) is 6.42 Å². The summed E-state index contributed by atoms with van der Waals surface area (Å²) in [6.07, 6.45) is 3.05. The molecule has 156 valence electrons. The van der Waals surface area contributed by atoms with Crippen molar-refractivity contribution in [2.45, 2.75) is 51.7 Å². The largest absolute Gasteiger partial charge is 0.394 e. The predicted octanol–water partition coefficient (Wildman–Crippen LogP) is 0.280. The van der Waals surface area contributed by atoms with Gasteiger partial charge in [-0.05, 0) is 26.7 Å². The van der Waals surface area contributed by atoms with Gasteiger partial charge in [-0.15, -0.1) is 0 Å². The third kappa shape index (κ3) is 4.35. The summed E-state index contributed by atoms with van der Waals surface area (Å²) in [4.78, 5) is 13.6. The topological polar surface area (TPSA) is 151 Å². The van der Waals surface area contributed by atoms with Gasteiger partial charge in [-0.2, -0.15) is 22.7 Å². The minimum absolute atomic E-state index is 0.0317. The van der Waals surface area contributed by atoms with Crippen molar-refractivity contribution >= 4 is 33.1 Å². The molecular weight excluding hydrogens is 384 g/mol. The minimum atomic E-state index is -3.71. The monoisotopic (exact) mass is 412 g/mol. The fraction of sp³-hybridized carbons (Fsp3) is 0.688. The molecule has 1 saturated heterocycles. The van der Waals surface area contributed by atoms with Gasteiger partial charge in [0.15, 0.2) is 17.0 Å². The van der Waals surface area contributed by atoms with E-state index in [9.17, 15) is 13.5 Å². The molecule has 28 heavy (non-hydrogen) atoms. The van der Waals surface area contributed by atoms with E-state index in [1.807, 2.05) is 25.3 Å². The molecule has 0 amide bonds. The number of aromatic nitrogens is 4. The Hall–Kier alpha value is -2.02. The van der Waals surface area contributed by atoms with Crippen LogP contribution in [0.4, 0.5) is 11.8 Å². The van der Waals surface area contributed by atoms with Crippen LogP contribution in [-0.4, -0.2) is 69.1 Å². The number of hydrogen-bond donors (Lipinski definition) is 4. The van der Waals surface area contributed by atoms with Crippen LogP contribution in [0.3, 0.4) is 0 Å². The Bertz CT molecular complexity index is 925. The fourth-order valence-electron chi connectivity index (χ4n) is 3.19. The number of imidazole rings is 1. The summed E-state index contributed by atoms with van der Waals surface area (Å²) < 4.78 is 26.3. The Labute approximate surface area is 164 Å². The molecule has 1 fully saturated rings. The molecule has 12 heteroatoms. The Morgan fingerprint density at radius 2 is 2.14 bits per heavy atom. The summed E-state index contributed by atoms with van der Waals surface area (Å²) >= 11 is 0. The molecule has 11 nitrogen and oxygen atoms in total. The molecule has 5 N–H and O–H groups in total. The van der Waals surface area contributed by atoms with Crippen LogP contribution in [0.5, 0.6) is 0 Å². The summed E-state index contributed by atoms with van der Waals surface area (Å²) in [6, 6.07) is -0.136. The van der Waals surface area contributed by atoms with Gasteiger partial charge in [0.05, 0.1) is 19.0 Å². The summed E-state index contributed by atoms with van der Waals surface area (Å²) in [5.41, 5.74) is 1.29. The van der Waals surface area contributed by atoms with Crippen molar-refractivity contribution in [2.75, 3.05) is 30.3 Å². The zero-order valence-corrected chi connectivity index (χ0v) is 17.1. The number of aliphatic hydroxyl groups excluding tert-OH is 1. The van der Waals surface area contributed by atoms with Crippen LogP contribution < -0.4 is 15.8 Å². The van der Waals surface area contributed by atoms with Gasteiger partial charge in [-0.3, -0.25) is 0 Å². The highest BCUT2D eigenvalue weighted by Crippen LogP contribution is 2.26. The average Bonchev–Trinajstić information content (AvgIpc) is 3.26. The van der Waals surface area contributed by atoms with Gasteiger partial charge in [-0.1, -0.05) is 6.92 Å². The highest BCUT2D eigenvalue weighted by Gasteiger charge is 2.30. The molecule has 1 aliphatic heterocycles. The Kier molecular flexibility index (Phi) is 6.03. The third-order valence-electron chi connectivity index (χ3n) is 4.88. The van der Waals surface area contributed by atoms with E-state index in [2.05, 4.69) is 25.6 Å². The smallest absolute Gasteiger partial charge is 0.276 e. The summed E-state index contributed by atoms with van der Waals surface area (Å²) in [7, 11) is -3.71. The molecule has 0 saturated carbocycles. The first-order chi connectivity index (χ1) is 13.2. The maximum absolute atomic E-state index is 11.6. The number of nitrogens with zero attached hydrogens (tertiary/aromatic N) is 5. The molecule has 1 aliphatic rings. The predicted molar refractivity (Wildman–Crippen MR) is 107 cm³/mol. The first-order valence-electron chi connectivity index (χ1n) is 9.39. The van der Waals surface area contributed by atoms with Gasteiger partial charge in [-0.25, -0.2) is 10.1 Å². The number of nitrogens with two attached hydrogens (primary N) is 1. The van der Waals surface area contributed by atoms with Crippen molar-refractivity contribution in [3.63, 3.8) is 0 Å². The second-order valence-electron chi connectivity index (χ2n) is 7.28. The number of fused-ring (bicyclic) bond motifs is 1. The van der Waals surface area contributed by atoms with E-state index in [0.29, 0.717) is 35.9 Å². The van der Waals surface area contributed by atoms with Crippen LogP contribution >= 0.6 is 0 Å². The molecule has 2 aromatic rings. The van der Waals surface area contributed by atoms with Crippen molar-refractivity contribution in [1.29, 1.82) is 0 Å². The second-order valence-corrected chi connectivity index (χ2v) is 8.82. The molecule has 3 rings (SSSR count). The van der Waals surface area contributed by atoms with Gasteiger partial charge in [0.2, 0.25) is 5.95 Å². The lowest BCUT2D eigenvalue weighted by atomic mass is 10.2. The molecule has 0 aliphatic carbocycles. The molecule has 2 unspecified atom stereocenters. The van der Waals surface area contributed by atoms with Crippen LogP contribution in [0.1, 0.15) is 39.7 Å². The van der Waals surface area contributed by atoms with Gasteiger partial charge in [0, 0.05) is 25.2 Å². The van der Waals surface area contributed by atoms with E-state index in [1.165, 1.54) is 4.31 Å². The van der Waals surface area contributed by atoms with E-state index < -0.39 is 10.2 Å². The molecule has 0 spiro atoms. The average molecular weight is 413 g/mol. The van der Waals surface area contributed by atoms with Crippen molar-refractivity contribution in [3.8, 4) is 0 Å². The van der Waals surface area contributed by atoms with Gasteiger partial charge in [0.1, 0.15) is 0 Å². The maximum Gasteiger partial charge on any atom is 0.276 e. The van der Waals surface area contributed by atoms with Crippen molar-refractivity contribution < 1.29 is 13.5 Å². The van der Waals surface area contributed by atoms with Crippen LogP contribution in [0, 0.1) is 0 Å². The SMILES string of the molecule is CCC(CO)Nc1nc(NC2CCN(S(N)(=O)=O)C2)c2ncn(C(C)C)c2n1. The number of rotatable bonds is 8. The number of aliphatic hydroxyl groups is 1. The van der Waals surface area contributed by atoms with Crippen molar-refractivity contribution in [1.82, 2.24) is 23.8 Å². The lowest BCUT2D eigenvalue weighted by Crippen LogP contribution is -2.36. The summed E-state index contributed by atoms with van der Waals surface area (Å²) in [6.45, 7) is 6.63. The highest BCUT2D eigenvalue weighted by atomic mass is 32.2. The van der Waals surface area contributed by atoms with E-state index >= 15 is 0 Å². The van der Waals surface area contributed by atoms with Crippen molar-refractivity contribution in [3.05, 3.63) is 6.33 Å². The molecular formula is C16H28N8O3S. The van der Waals surface area contributed by atoms with Gasteiger partial charge < -0.3 is 20.3 Å². The van der Waals surface area contributed by atoms with E-state index in [-0.39, 0.29) is 31.3 Å². The molecule has 3 heterocycles. The minimum Gasteiger partial charge on any atom is -0.394 e. The number of hydrogen-bond acceptors (Lipinski definition) is 8. The zero-order valence-electron chi connectivity index (χ0n) is 16.3. The zero-order chi connectivity index (χ0) is 20.5. The third-order valence-corrected chi connectivity index (χ3v) is 5.93. The fourth-order valence-corrected chi connectivity index (χ4v) is 3.94. The van der Waals surface area contributed by atoms with Crippen LogP contribution in [0.25, 0.3) is 11.2 Å². The Morgan fingerprint density at radius 1 is 1.39 bits per heavy atom. The summed E-state index contributed by atoms with van der Waals surface area (Å²) in [5, 5.41) is 21.2. The maximum atomic E-state index is 11.6. The molecule has 0 bridgehead atoms. The quantitative estimate of drug-likeness (QED) is 0.482. The number of anilines is 2. The Balaban J connectivity index is 1.93. The molecule has 2 atom stereocenters. The van der Waals surface area contributed by atoms with Crippen LogP contribution in [-0.2, 0) is 10.2 Å².